The second kappa shape index (κ2) is 8.31. The molecule has 1 saturated heterocycles. The van der Waals surface area contributed by atoms with Gasteiger partial charge in [0.25, 0.3) is 0 Å². The molecule has 1 unspecified atom stereocenters. The average Bonchev–Trinajstić information content (AvgIpc) is 2.67. The molecule has 1 aliphatic heterocycles. The van der Waals surface area contributed by atoms with Crippen molar-refractivity contribution in [2.24, 2.45) is 0 Å². The second-order valence-corrected chi connectivity index (χ2v) is 6.95. The molecular weight excluding hydrogens is 324 g/mol. The van der Waals surface area contributed by atoms with Crippen molar-refractivity contribution in [3.63, 3.8) is 0 Å². The van der Waals surface area contributed by atoms with Gasteiger partial charge in [0, 0.05) is 23.3 Å². The summed E-state index contributed by atoms with van der Waals surface area (Å²) in [5.74, 6) is 6.32. The Morgan fingerprint density at radius 3 is 2.38 bits per heavy atom. The Balaban J connectivity index is 1.65. The quantitative estimate of drug-likeness (QED) is 0.599. The molecule has 1 atom stereocenters. The number of carbonyl (C=O) groups excluding carboxylic acids is 1. The number of ether oxygens (including phenoxy) is 2. The van der Waals surface area contributed by atoms with Crippen molar-refractivity contribution in [3.8, 4) is 11.8 Å². The summed E-state index contributed by atoms with van der Waals surface area (Å²) in [5, 5.41) is 0. The van der Waals surface area contributed by atoms with E-state index in [0.717, 1.165) is 31.4 Å². The molecule has 1 fully saturated rings. The van der Waals surface area contributed by atoms with Crippen molar-refractivity contribution in [1.82, 2.24) is 0 Å². The maximum Gasteiger partial charge on any atom is 0.193 e. The second-order valence-electron chi connectivity index (χ2n) is 6.95. The number of benzene rings is 2. The molecule has 0 aromatic heterocycles. The van der Waals surface area contributed by atoms with Crippen LogP contribution in [0.5, 0.6) is 0 Å². The van der Waals surface area contributed by atoms with Gasteiger partial charge in [0.1, 0.15) is 5.60 Å². The fraction of sp³-hybridized carbons (Fsp3) is 0.348. The van der Waals surface area contributed by atoms with Gasteiger partial charge in [-0.15, -0.1) is 0 Å². The van der Waals surface area contributed by atoms with Gasteiger partial charge in [-0.05, 0) is 57.4 Å². The van der Waals surface area contributed by atoms with Crippen LogP contribution in [-0.4, -0.2) is 24.3 Å². The molecule has 26 heavy (non-hydrogen) atoms. The van der Waals surface area contributed by atoms with Gasteiger partial charge in [0.05, 0.1) is 0 Å². The third-order valence-electron chi connectivity index (χ3n) is 4.25. The third-order valence-corrected chi connectivity index (χ3v) is 4.25. The Morgan fingerprint density at radius 2 is 1.73 bits per heavy atom. The van der Waals surface area contributed by atoms with Crippen molar-refractivity contribution < 1.29 is 14.3 Å². The van der Waals surface area contributed by atoms with Crippen molar-refractivity contribution in [2.45, 2.75) is 45.0 Å². The smallest absolute Gasteiger partial charge is 0.193 e. The fourth-order valence-electron chi connectivity index (χ4n) is 2.85. The van der Waals surface area contributed by atoms with E-state index in [1.54, 1.807) is 0 Å². The maximum absolute atomic E-state index is 12.4. The first-order valence-corrected chi connectivity index (χ1v) is 9.06. The number of carbonyl (C=O) groups is 1. The summed E-state index contributed by atoms with van der Waals surface area (Å²) < 4.78 is 11.6. The summed E-state index contributed by atoms with van der Waals surface area (Å²) in [4.78, 5) is 12.4. The average molecular weight is 348 g/mol. The van der Waals surface area contributed by atoms with Gasteiger partial charge in [0.15, 0.2) is 12.1 Å². The van der Waals surface area contributed by atoms with Crippen LogP contribution in [0, 0.1) is 11.8 Å². The van der Waals surface area contributed by atoms with Gasteiger partial charge in [-0.2, -0.15) is 0 Å². The summed E-state index contributed by atoms with van der Waals surface area (Å²) in [7, 11) is 0. The van der Waals surface area contributed by atoms with Crippen molar-refractivity contribution in [2.75, 3.05) is 6.61 Å². The predicted molar refractivity (Wildman–Crippen MR) is 102 cm³/mol. The Kier molecular flexibility index (Phi) is 5.88. The molecule has 3 nitrogen and oxygen atoms in total. The SMILES string of the molecule is CC(C)(C#Cc1ccc(C(=O)c2ccccc2)cc1)OC1CCCCO1. The van der Waals surface area contributed by atoms with Crippen molar-refractivity contribution >= 4 is 5.78 Å². The van der Waals surface area contributed by atoms with Crippen LogP contribution in [0.1, 0.15) is 54.6 Å². The fourth-order valence-corrected chi connectivity index (χ4v) is 2.85. The van der Waals surface area contributed by atoms with Crippen LogP contribution in [0.25, 0.3) is 0 Å². The molecule has 0 N–H and O–H groups in total. The van der Waals surface area contributed by atoms with Crippen LogP contribution in [0.2, 0.25) is 0 Å². The molecule has 0 saturated carbocycles. The van der Waals surface area contributed by atoms with E-state index in [1.807, 2.05) is 68.4 Å². The lowest BCUT2D eigenvalue weighted by Crippen LogP contribution is -2.33. The number of rotatable bonds is 4. The highest BCUT2D eigenvalue weighted by atomic mass is 16.7. The zero-order valence-electron chi connectivity index (χ0n) is 15.3. The number of hydrogen-bond donors (Lipinski definition) is 0. The standard InChI is InChI=1S/C23H24O3/c1-23(2,26-21-10-6-7-17-25-21)16-15-18-11-13-20(14-12-18)22(24)19-8-4-3-5-9-19/h3-5,8-9,11-14,21H,6-7,10,17H2,1-2H3. The van der Waals surface area contributed by atoms with Gasteiger partial charge in [-0.1, -0.05) is 42.2 Å². The summed E-state index contributed by atoms with van der Waals surface area (Å²) >= 11 is 0. The Labute approximate surface area is 155 Å². The molecule has 2 aromatic rings. The third kappa shape index (κ3) is 5.05. The number of ketones is 1. The van der Waals surface area contributed by atoms with E-state index >= 15 is 0 Å². The Morgan fingerprint density at radius 1 is 1.04 bits per heavy atom. The molecule has 3 rings (SSSR count). The van der Waals surface area contributed by atoms with E-state index < -0.39 is 5.60 Å². The summed E-state index contributed by atoms with van der Waals surface area (Å²) in [5.41, 5.74) is 1.62. The first-order valence-electron chi connectivity index (χ1n) is 9.06. The topological polar surface area (TPSA) is 35.5 Å². The summed E-state index contributed by atoms with van der Waals surface area (Å²) in [6.45, 7) is 4.65. The monoisotopic (exact) mass is 348 g/mol. The first kappa shape index (κ1) is 18.4. The van der Waals surface area contributed by atoms with Crippen LogP contribution in [0.15, 0.2) is 54.6 Å². The predicted octanol–water partition coefficient (Wildman–Crippen LogP) is 4.59. The zero-order chi connectivity index (χ0) is 18.4. The van der Waals surface area contributed by atoms with Gasteiger partial charge in [-0.3, -0.25) is 4.79 Å². The van der Waals surface area contributed by atoms with E-state index in [1.165, 1.54) is 0 Å². The highest BCUT2D eigenvalue weighted by Crippen LogP contribution is 2.20. The van der Waals surface area contributed by atoms with Crippen molar-refractivity contribution in [3.05, 3.63) is 71.3 Å². The summed E-state index contributed by atoms with van der Waals surface area (Å²) in [6.07, 6.45) is 2.98. The van der Waals surface area contributed by atoms with Crippen LogP contribution in [0.3, 0.4) is 0 Å². The van der Waals surface area contributed by atoms with Crippen LogP contribution >= 0.6 is 0 Å². The van der Waals surface area contributed by atoms with Gasteiger partial charge >= 0.3 is 0 Å². The normalized spacial score (nSPS) is 17.2. The maximum atomic E-state index is 12.4. The Bertz CT molecular complexity index is 789. The lowest BCUT2D eigenvalue weighted by Gasteiger charge is -2.29. The van der Waals surface area contributed by atoms with Gasteiger partial charge in [-0.25, -0.2) is 0 Å². The highest BCUT2D eigenvalue weighted by molar-refractivity contribution is 6.08. The molecule has 1 heterocycles. The minimum atomic E-state index is -0.583. The van der Waals surface area contributed by atoms with E-state index in [2.05, 4.69) is 11.8 Å². The molecule has 0 aliphatic carbocycles. The zero-order valence-corrected chi connectivity index (χ0v) is 15.3. The van der Waals surface area contributed by atoms with Gasteiger partial charge < -0.3 is 9.47 Å². The minimum Gasteiger partial charge on any atom is -0.353 e. The molecule has 1 aliphatic rings. The van der Waals surface area contributed by atoms with E-state index in [0.29, 0.717) is 11.1 Å². The molecular formula is C23H24O3. The molecule has 0 spiro atoms. The molecule has 0 amide bonds. The Hall–Kier alpha value is -2.41. The van der Waals surface area contributed by atoms with Crippen LogP contribution in [-0.2, 0) is 9.47 Å². The van der Waals surface area contributed by atoms with Crippen molar-refractivity contribution in [1.29, 1.82) is 0 Å². The molecule has 0 bridgehead atoms. The van der Waals surface area contributed by atoms with E-state index in [4.69, 9.17) is 9.47 Å². The van der Waals surface area contributed by atoms with Crippen LogP contribution < -0.4 is 0 Å². The molecule has 134 valence electrons. The molecule has 2 aromatic carbocycles. The van der Waals surface area contributed by atoms with Crippen LogP contribution in [0.4, 0.5) is 0 Å². The summed E-state index contributed by atoms with van der Waals surface area (Å²) in [6, 6.07) is 16.7. The first-order chi connectivity index (χ1) is 12.5. The minimum absolute atomic E-state index is 0.0169. The number of hydrogen-bond acceptors (Lipinski definition) is 3. The molecule has 0 radical (unpaired) electrons. The largest absolute Gasteiger partial charge is 0.353 e. The van der Waals surface area contributed by atoms with E-state index in [-0.39, 0.29) is 12.1 Å². The highest BCUT2D eigenvalue weighted by Gasteiger charge is 2.23. The molecule has 3 heteroatoms. The van der Waals surface area contributed by atoms with Gasteiger partial charge in [0.2, 0.25) is 0 Å². The lowest BCUT2D eigenvalue weighted by molar-refractivity contribution is -0.199. The van der Waals surface area contributed by atoms with E-state index in [9.17, 15) is 4.79 Å². The lowest BCUT2D eigenvalue weighted by atomic mass is 10.0.